The van der Waals surface area contributed by atoms with Crippen LogP contribution in [0.25, 0.3) is 0 Å². The van der Waals surface area contributed by atoms with Crippen LogP contribution < -0.4 is 4.90 Å². The van der Waals surface area contributed by atoms with Crippen LogP contribution in [-0.4, -0.2) is 17.6 Å². The van der Waals surface area contributed by atoms with Crippen LogP contribution in [0.3, 0.4) is 0 Å². The van der Waals surface area contributed by atoms with Gasteiger partial charge in [0.1, 0.15) is 0 Å². The van der Waals surface area contributed by atoms with Gasteiger partial charge in [0, 0.05) is 23.5 Å². The van der Waals surface area contributed by atoms with Crippen molar-refractivity contribution < 1.29 is 9.90 Å². The first-order chi connectivity index (χ1) is 9.66. The average Bonchev–Trinajstić information content (AvgIpc) is 2.84. The first-order valence-electron chi connectivity index (χ1n) is 6.71. The lowest BCUT2D eigenvalue weighted by Gasteiger charge is -2.24. The first-order valence-corrected chi connectivity index (χ1v) is 7.59. The largest absolute Gasteiger partial charge is 0.481 e. The number of nitrogens with zero attached hydrogens (tertiary/aromatic N) is 1. The Morgan fingerprint density at radius 2 is 2.00 bits per heavy atom. The minimum atomic E-state index is -0.731. The average molecular weight is 289 g/mol. The lowest BCUT2D eigenvalue weighted by atomic mass is 10.2. The Morgan fingerprint density at radius 3 is 2.60 bits per heavy atom. The summed E-state index contributed by atoms with van der Waals surface area (Å²) in [7, 11) is 0. The zero-order valence-electron chi connectivity index (χ0n) is 11.6. The predicted octanol–water partition coefficient (Wildman–Crippen LogP) is 3.93. The van der Waals surface area contributed by atoms with Gasteiger partial charge in [0.15, 0.2) is 0 Å². The lowest BCUT2D eigenvalue weighted by molar-refractivity contribution is -0.137. The summed E-state index contributed by atoms with van der Waals surface area (Å²) in [5, 5.41) is 10.9. The van der Waals surface area contributed by atoms with Crippen molar-refractivity contribution in [1.29, 1.82) is 0 Å². The predicted molar refractivity (Wildman–Crippen MR) is 83.4 cm³/mol. The van der Waals surface area contributed by atoms with Gasteiger partial charge in [-0.05, 0) is 42.5 Å². The first kappa shape index (κ1) is 14.6. The van der Waals surface area contributed by atoms with Crippen molar-refractivity contribution in [3.8, 4) is 0 Å². The standard InChI is InChI=1S/C16H19NO2S/c1-13-9-11-20-15(13)12-17(10-5-8-16(18)19)14-6-3-2-4-7-14/h2-4,6-7,9,11H,5,8,10,12H2,1H3,(H,18,19). The molecule has 1 heterocycles. The van der Waals surface area contributed by atoms with Crippen molar-refractivity contribution in [3.63, 3.8) is 0 Å². The second-order valence-corrected chi connectivity index (χ2v) is 5.78. The molecule has 0 unspecified atom stereocenters. The third-order valence-electron chi connectivity index (χ3n) is 3.24. The number of hydrogen-bond acceptors (Lipinski definition) is 3. The summed E-state index contributed by atoms with van der Waals surface area (Å²) < 4.78 is 0. The fraction of sp³-hybridized carbons (Fsp3) is 0.312. The van der Waals surface area contributed by atoms with Crippen LogP contribution in [0.4, 0.5) is 5.69 Å². The molecule has 0 radical (unpaired) electrons. The molecule has 0 aliphatic rings. The molecule has 0 atom stereocenters. The topological polar surface area (TPSA) is 40.5 Å². The summed E-state index contributed by atoms with van der Waals surface area (Å²) in [6.45, 7) is 3.72. The van der Waals surface area contributed by atoms with E-state index >= 15 is 0 Å². The molecule has 0 saturated heterocycles. The Balaban J connectivity index is 2.08. The molecule has 0 aliphatic heterocycles. The highest BCUT2D eigenvalue weighted by Crippen LogP contribution is 2.22. The molecule has 0 fully saturated rings. The Morgan fingerprint density at radius 1 is 1.25 bits per heavy atom. The van der Waals surface area contributed by atoms with Gasteiger partial charge >= 0.3 is 5.97 Å². The van der Waals surface area contributed by atoms with E-state index in [4.69, 9.17) is 5.11 Å². The van der Waals surface area contributed by atoms with Crippen molar-refractivity contribution in [2.45, 2.75) is 26.3 Å². The van der Waals surface area contributed by atoms with Crippen molar-refractivity contribution in [3.05, 3.63) is 52.2 Å². The maximum absolute atomic E-state index is 10.7. The Hall–Kier alpha value is -1.81. The fourth-order valence-electron chi connectivity index (χ4n) is 2.10. The zero-order chi connectivity index (χ0) is 14.4. The molecular weight excluding hydrogens is 270 g/mol. The van der Waals surface area contributed by atoms with E-state index in [1.807, 2.05) is 18.2 Å². The van der Waals surface area contributed by atoms with Gasteiger partial charge in [-0.2, -0.15) is 0 Å². The number of carboxylic acid groups (broad SMARTS) is 1. The van der Waals surface area contributed by atoms with E-state index in [-0.39, 0.29) is 6.42 Å². The Labute approximate surface area is 123 Å². The van der Waals surface area contributed by atoms with Crippen molar-refractivity contribution in [2.75, 3.05) is 11.4 Å². The van der Waals surface area contributed by atoms with Gasteiger partial charge in [-0.3, -0.25) is 4.79 Å². The van der Waals surface area contributed by atoms with Gasteiger partial charge in [0.2, 0.25) is 0 Å². The monoisotopic (exact) mass is 289 g/mol. The van der Waals surface area contributed by atoms with Crippen LogP contribution in [0, 0.1) is 6.92 Å². The highest BCUT2D eigenvalue weighted by atomic mass is 32.1. The second-order valence-electron chi connectivity index (χ2n) is 4.78. The summed E-state index contributed by atoms with van der Waals surface area (Å²) >= 11 is 1.75. The van der Waals surface area contributed by atoms with Gasteiger partial charge in [-0.25, -0.2) is 0 Å². The van der Waals surface area contributed by atoms with Crippen LogP contribution in [0.5, 0.6) is 0 Å². The molecule has 3 nitrogen and oxygen atoms in total. The number of hydrogen-bond donors (Lipinski definition) is 1. The van der Waals surface area contributed by atoms with E-state index in [9.17, 15) is 4.79 Å². The van der Waals surface area contributed by atoms with Crippen LogP contribution in [0.15, 0.2) is 41.8 Å². The van der Waals surface area contributed by atoms with E-state index < -0.39 is 5.97 Å². The maximum atomic E-state index is 10.7. The van der Waals surface area contributed by atoms with E-state index in [1.165, 1.54) is 10.4 Å². The number of carboxylic acids is 1. The van der Waals surface area contributed by atoms with Crippen LogP contribution >= 0.6 is 11.3 Å². The molecule has 0 saturated carbocycles. The van der Waals surface area contributed by atoms with Crippen LogP contribution in [-0.2, 0) is 11.3 Å². The zero-order valence-corrected chi connectivity index (χ0v) is 12.4. The van der Waals surface area contributed by atoms with Gasteiger partial charge in [-0.1, -0.05) is 18.2 Å². The number of aliphatic carboxylic acids is 1. The smallest absolute Gasteiger partial charge is 0.303 e. The SMILES string of the molecule is Cc1ccsc1CN(CCCC(=O)O)c1ccccc1. The maximum Gasteiger partial charge on any atom is 0.303 e. The van der Waals surface area contributed by atoms with Gasteiger partial charge < -0.3 is 10.0 Å². The fourth-order valence-corrected chi connectivity index (χ4v) is 3.02. The molecule has 2 rings (SSSR count). The molecule has 106 valence electrons. The van der Waals surface area contributed by atoms with Crippen molar-refractivity contribution in [1.82, 2.24) is 0 Å². The second kappa shape index (κ2) is 7.10. The van der Waals surface area contributed by atoms with Crippen molar-refractivity contribution >= 4 is 23.0 Å². The number of thiophene rings is 1. The van der Waals surface area contributed by atoms with E-state index in [1.54, 1.807) is 11.3 Å². The molecule has 1 N–H and O–H groups in total. The normalized spacial score (nSPS) is 10.4. The summed E-state index contributed by atoms with van der Waals surface area (Å²) in [6, 6.07) is 12.3. The minimum Gasteiger partial charge on any atom is -0.481 e. The summed E-state index contributed by atoms with van der Waals surface area (Å²) in [6.07, 6.45) is 0.876. The number of aryl methyl sites for hydroxylation is 1. The van der Waals surface area contributed by atoms with E-state index in [0.717, 1.165) is 18.8 Å². The number of para-hydroxylation sites is 1. The minimum absolute atomic E-state index is 0.215. The third kappa shape index (κ3) is 4.10. The van der Waals surface area contributed by atoms with Crippen LogP contribution in [0.1, 0.15) is 23.3 Å². The number of benzene rings is 1. The summed E-state index contributed by atoms with van der Waals surface area (Å²) in [5.41, 5.74) is 2.44. The molecule has 0 amide bonds. The molecule has 0 bridgehead atoms. The Bertz CT molecular complexity index is 551. The van der Waals surface area contributed by atoms with E-state index in [0.29, 0.717) is 6.42 Å². The third-order valence-corrected chi connectivity index (χ3v) is 4.25. The number of carbonyl (C=O) groups is 1. The van der Waals surface area contributed by atoms with Gasteiger partial charge in [0.25, 0.3) is 0 Å². The summed E-state index contributed by atoms with van der Waals surface area (Å²) in [5.74, 6) is -0.731. The van der Waals surface area contributed by atoms with E-state index in [2.05, 4.69) is 35.4 Å². The Kier molecular flexibility index (Phi) is 5.18. The van der Waals surface area contributed by atoms with Crippen molar-refractivity contribution in [2.24, 2.45) is 0 Å². The molecule has 2 aromatic rings. The lowest BCUT2D eigenvalue weighted by Crippen LogP contribution is -2.24. The van der Waals surface area contributed by atoms with Gasteiger partial charge in [0.05, 0.1) is 6.54 Å². The molecule has 0 spiro atoms. The number of anilines is 1. The molecular formula is C16H19NO2S. The van der Waals surface area contributed by atoms with Gasteiger partial charge in [-0.15, -0.1) is 11.3 Å². The molecule has 0 aliphatic carbocycles. The molecule has 20 heavy (non-hydrogen) atoms. The summed E-state index contributed by atoms with van der Waals surface area (Å²) in [4.78, 5) is 14.3. The molecule has 1 aromatic carbocycles. The van der Waals surface area contributed by atoms with Crippen LogP contribution in [0.2, 0.25) is 0 Å². The highest BCUT2D eigenvalue weighted by Gasteiger charge is 2.10. The highest BCUT2D eigenvalue weighted by molar-refractivity contribution is 7.10. The number of rotatable bonds is 7. The molecule has 1 aromatic heterocycles. The molecule has 4 heteroatoms. The quantitative estimate of drug-likeness (QED) is 0.839.